The van der Waals surface area contributed by atoms with Crippen LogP contribution in [-0.2, 0) is 10.9 Å². The summed E-state index contributed by atoms with van der Waals surface area (Å²) in [4.78, 5) is 0. The second-order valence-electron chi connectivity index (χ2n) is 2.59. The van der Waals surface area contributed by atoms with Crippen molar-refractivity contribution in [2.75, 3.05) is 12.5 Å². The largest absolute Gasteiger partial charge is 0.119 e. The van der Waals surface area contributed by atoms with Crippen LogP contribution in [0.25, 0.3) is 6.08 Å². The maximum Gasteiger partial charge on any atom is 0.119 e. The molecule has 1 aromatic rings. The summed E-state index contributed by atoms with van der Waals surface area (Å²) in [6.07, 6.45) is 6.59. The third kappa shape index (κ3) is 3.28. The minimum Gasteiger partial charge on any atom is -0.0622 e. The number of hydrogen-bond donors (Lipinski definition) is 0. The van der Waals surface area contributed by atoms with E-state index in [-0.39, 0.29) is 0 Å². The summed E-state index contributed by atoms with van der Waals surface area (Å²) < 4.78 is 0. The van der Waals surface area contributed by atoms with Crippen LogP contribution >= 0.6 is 0 Å². The summed E-state index contributed by atoms with van der Waals surface area (Å²) in [6, 6.07) is 10.4. The topological polar surface area (TPSA) is 0 Å². The molecule has 0 unspecified atom stereocenters. The second-order valence-corrected chi connectivity index (χ2v) is 4.62. The Morgan fingerprint density at radius 1 is 1.09 bits per heavy atom. The summed E-state index contributed by atoms with van der Waals surface area (Å²) in [7, 11) is 0.403. The lowest BCUT2D eigenvalue weighted by molar-refractivity contribution is 1.66. The van der Waals surface area contributed by atoms with Crippen LogP contribution in [0.15, 0.2) is 35.7 Å². The summed E-state index contributed by atoms with van der Waals surface area (Å²) >= 11 is 0. The normalized spacial score (nSPS) is 11.2. The lowest BCUT2D eigenvalue weighted by atomic mass is 10.2. The van der Waals surface area contributed by atoms with Crippen molar-refractivity contribution in [3.05, 3.63) is 41.3 Å². The van der Waals surface area contributed by atoms with E-state index in [0.717, 1.165) is 0 Å². The summed E-state index contributed by atoms with van der Waals surface area (Å²) in [5.74, 6) is 0. The Kier molecular flexibility index (Phi) is 3.24. The van der Waals surface area contributed by atoms with Gasteiger partial charge in [-0.3, -0.25) is 0 Å². The highest BCUT2D eigenvalue weighted by atomic mass is 32.2. The zero-order valence-corrected chi connectivity index (χ0v) is 7.77. The molecule has 1 aromatic carbocycles. The third-order valence-corrected chi connectivity index (χ3v) is 2.01. The number of hydrogen-bond acceptors (Lipinski definition) is 0. The molecule has 1 rings (SSSR count). The minimum atomic E-state index is 0.403. The molecule has 0 atom stereocenters. The molecule has 0 heterocycles. The molecule has 0 saturated heterocycles. The highest BCUT2D eigenvalue weighted by molar-refractivity contribution is 7.98. The van der Waals surface area contributed by atoms with Crippen molar-refractivity contribution >= 4 is 17.0 Å². The maximum absolute atomic E-state index is 2.23. The van der Waals surface area contributed by atoms with Crippen molar-refractivity contribution in [1.82, 2.24) is 0 Å². The summed E-state index contributed by atoms with van der Waals surface area (Å²) in [5, 5.41) is 2.23. The molecule has 58 valence electrons. The van der Waals surface area contributed by atoms with E-state index in [1.165, 1.54) is 5.56 Å². The summed E-state index contributed by atoms with van der Waals surface area (Å²) in [5.41, 5.74) is 1.29. The van der Waals surface area contributed by atoms with E-state index in [9.17, 15) is 0 Å². The van der Waals surface area contributed by atoms with E-state index < -0.39 is 0 Å². The first-order valence-electron chi connectivity index (χ1n) is 3.58. The van der Waals surface area contributed by atoms with E-state index in [4.69, 9.17) is 0 Å². The predicted molar refractivity (Wildman–Crippen MR) is 54.7 cm³/mol. The van der Waals surface area contributed by atoms with Gasteiger partial charge in [0.15, 0.2) is 0 Å². The van der Waals surface area contributed by atoms with Crippen LogP contribution in [0.2, 0.25) is 0 Å². The van der Waals surface area contributed by atoms with E-state index in [0.29, 0.717) is 10.9 Å². The monoisotopic (exact) mass is 165 g/mol. The van der Waals surface area contributed by atoms with Gasteiger partial charge in [0.25, 0.3) is 0 Å². The zero-order chi connectivity index (χ0) is 8.10. The molecule has 0 spiro atoms. The fraction of sp³-hybridized carbons (Fsp3) is 0.200. The first-order valence-corrected chi connectivity index (χ1v) is 5.69. The number of benzene rings is 1. The Morgan fingerprint density at radius 2 is 1.73 bits per heavy atom. The van der Waals surface area contributed by atoms with E-state index in [1.54, 1.807) is 0 Å². The van der Waals surface area contributed by atoms with Gasteiger partial charge in [0.2, 0.25) is 0 Å². The molecular formula is C10H13S+. The van der Waals surface area contributed by atoms with Crippen molar-refractivity contribution in [3.63, 3.8) is 0 Å². The maximum atomic E-state index is 2.23. The predicted octanol–water partition coefficient (Wildman–Crippen LogP) is 2.54. The van der Waals surface area contributed by atoms with Gasteiger partial charge in [0, 0.05) is 10.9 Å². The van der Waals surface area contributed by atoms with Gasteiger partial charge in [-0.25, -0.2) is 0 Å². The molecule has 11 heavy (non-hydrogen) atoms. The van der Waals surface area contributed by atoms with Crippen LogP contribution in [0.5, 0.6) is 0 Å². The van der Waals surface area contributed by atoms with E-state index in [2.05, 4.69) is 48.3 Å². The minimum absolute atomic E-state index is 0.403. The Bertz CT molecular complexity index is 224. The Balaban J connectivity index is 2.65. The molecule has 0 aliphatic rings. The van der Waals surface area contributed by atoms with Crippen LogP contribution in [0.1, 0.15) is 5.56 Å². The molecule has 0 radical (unpaired) electrons. The highest BCUT2D eigenvalue weighted by Crippen LogP contribution is 2.02. The Hall–Kier alpha value is -0.690. The SMILES string of the molecule is C[S+](C)C=Cc1ccccc1. The molecular weight excluding hydrogens is 152 g/mol. The molecule has 0 aliphatic carbocycles. The first kappa shape index (κ1) is 8.41. The van der Waals surface area contributed by atoms with Crippen molar-refractivity contribution in [2.24, 2.45) is 0 Å². The van der Waals surface area contributed by atoms with Gasteiger partial charge in [-0.05, 0) is 11.6 Å². The standard InChI is InChI=1S/C10H13S/c1-11(2)9-8-10-6-4-3-5-7-10/h3-9H,1-2H3/q+1. The van der Waals surface area contributed by atoms with Crippen molar-refractivity contribution in [3.8, 4) is 0 Å². The molecule has 0 saturated carbocycles. The average molecular weight is 165 g/mol. The second kappa shape index (κ2) is 4.24. The van der Waals surface area contributed by atoms with E-state index >= 15 is 0 Å². The molecule has 0 N–H and O–H groups in total. The van der Waals surface area contributed by atoms with Crippen LogP contribution in [0, 0.1) is 0 Å². The van der Waals surface area contributed by atoms with Crippen molar-refractivity contribution < 1.29 is 0 Å². The first-order chi connectivity index (χ1) is 5.29. The molecule has 0 fully saturated rings. The molecule has 0 bridgehead atoms. The molecule has 0 amide bonds. The number of rotatable bonds is 2. The van der Waals surface area contributed by atoms with Gasteiger partial charge in [-0.2, -0.15) is 0 Å². The van der Waals surface area contributed by atoms with Crippen LogP contribution in [0.4, 0.5) is 0 Å². The third-order valence-electron chi connectivity index (χ3n) is 1.33. The van der Waals surface area contributed by atoms with Crippen molar-refractivity contribution in [2.45, 2.75) is 0 Å². The van der Waals surface area contributed by atoms with Gasteiger partial charge in [0.1, 0.15) is 17.9 Å². The average Bonchev–Trinajstić information content (AvgIpc) is 2.03. The van der Waals surface area contributed by atoms with Crippen LogP contribution in [0.3, 0.4) is 0 Å². The molecule has 0 nitrogen and oxygen atoms in total. The lowest BCUT2D eigenvalue weighted by Gasteiger charge is -1.88. The quantitative estimate of drug-likeness (QED) is 0.591. The van der Waals surface area contributed by atoms with Crippen LogP contribution < -0.4 is 0 Å². The lowest BCUT2D eigenvalue weighted by Crippen LogP contribution is -1.85. The van der Waals surface area contributed by atoms with Crippen LogP contribution in [-0.4, -0.2) is 12.5 Å². The highest BCUT2D eigenvalue weighted by Gasteiger charge is 1.92. The van der Waals surface area contributed by atoms with Gasteiger partial charge < -0.3 is 0 Å². The molecule has 0 aromatic heterocycles. The van der Waals surface area contributed by atoms with Crippen molar-refractivity contribution in [1.29, 1.82) is 0 Å². The fourth-order valence-electron chi connectivity index (χ4n) is 0.779. The molecule has 1 heteroatoms. The Morgan fingerprint density at radius 3 is 2.27 bits per heavy atom. The smallest absolute Gasteiger partial charge is 0.0622 e. The molecule has 0 aliphatic heterocycles. The summed E-state index contributed by atoms with van der Waals surface area (Å²) in [6.45, 7) is 0. The Labute approximate surface area is 71.3 Å². The van der Waals surface area contributed by atoms with Gasteiger partial charge in [-0.15, -0.1) is 0 Å². The zero-order valence-electron chi connectivity index (χ0n) is 6.95. The van der Waals surface area contributed by atoms with Gasteiger partial charge in [0.05, 0.1) is 0 Å². The fourth-order valence-corrected chi connectivity index (χ4v) is 1.21. The van der Waals surface area contributed by atoms with Gasteiger partial charge in [-0.1, -0.05) is 30.3 Å². The van der Waals surface area contributed by atoms with E-state index in [1.807, 2.05) is 6.07 Å². The van der Waals surface area contributed by atoms with Gasteiger partial charge >= 0.3 is 0 Å².